The van der Waals surface area contributed by atoms with Crippen molar-refractivity contribution in [2.75, 3.05) is 0 Å². The van der Waals surface area contributed by atoms with Gasteiger partial charge in [0.1, 0.15) is 6.10 Å². The van der Waals surface area contributed by atoms with Gasteiger partial charge in [-0.2, -0.15) is 0 Å². The number of allylic oxidation sites excluding steroid dienone is 1. The van der Waals surface area contributed by atoms with E-state index in [0.29, 0.717) is 11.1 Å². The first-order valence-corrected chi connectivity index (χ1v) is 7.94. The van der Waals surface area contributed by atoms with Crippen LogP contribution in [0.4, 0.5) is 0 Å². The molecule has 0 aliphatic heterocycles. The van der Waals surface area contributed by atoms with Gasteiger partial charge in [-0.05, 0) is 29.2 Å². The van der Waals surface area contributed by atoms with E-state index in [9.17, 15) is 9.90 Å². The maximum absolute atomic E-state index is 12.5. The van der Waals surface area contributed by atoms with Crippen molar-refractivity contribution >= 4 is 5.78 Å². The number of ketones is 1. The van der Waals surface area contributed by atoms with Gasteiger partial charge >= 0.3 is 0 Å². The van der Waals surface area contributed by atoms with Crippen LogP contribution in [0.1, 0.15) is 36.7 Å². The largest absolute Gasteiger partial charge is 0.380 e. The minimum Gasteiger partial charge on any atom is -0.380 e. The Bertz CT molecular complexity index is 769. The molecule has 0 heterocycles. The number of benzene rings is 2. The molecule has 0 fully saturated rings. The second-order valence-corrected chi connectivity index (χ2v) is 6.62. The van der Waals surface area contributed by atoms with Gasteiger partial charge in [0, 0.05) is 11.1 Å². The average molecular weight is 318 g/mol. The van der Waals surface area contributed by atoms with Gasteiger partial charge in [-0.25, -0.2) is 0 Å². The second-order valence-electron chi connectivity index (χ2n) is 6.62. The van der Waals surface area contributed by atoms with Crippen molar-refractivity contribution in [3.8, 4) is 11.8 Å². The molecule has 0 amide bonds. The highest BCUT2D eigenvalue weighted by atomic mass is 16.3. The molecule has 0 unspecified atom stereocenters. The lowest BCUT2D eigenvalue weighted by Crippen LogP contribution is -2.29. The summed E-state index contributed by atoms with van der Waals surface area (Å²) < 4.78 is 0. The summed E-state index contributed by atoms with van der Waals surface area (Å²) in [6.07, 6.45) is 0.468. The summed E-state index contributed by atoms with van der Waals surface area (Å²) in [6, 6.07) is 18.5. The van der Waals surface area contributed by atoms with Gasteiger partial charge in [-0.1, -0.05) is 81.1 Å². The van der Waals surface area contributed by atoms with Crippen LogP contribution in [0.15, 0.2) is 72.3 Å². The van der Waals surface area contributed by atoms with Gasteiger partial charge in [-0.3, -0.25) is 4.79 Å². The molecule has 0 spiro atoms. The Labute approximate surface area is 143 Å². The SMILES string of the molecule is CC(C)(C)/C(=C\C#Cc1ccccc1)[C@@H](O)C(=O)c1ccccc1. The summed E-state index contributed by atoms with van der Waals surface area (Å²) >= 11 is 0. The monoisotopic (exact) mass is 318 g/mol. The summed E-state index contributed by atoms with van der Waals surface area (Å²) in [5.74, 6) is 5.70. The van der Waals surface area contributed by atoms with Crippen LogP contribution in [-0.2, 0) is 0 Å². The van der Waals surface area contributed by atoms with Crippen LogP contribution in [-0.4, -0.2) is 17.0 Å². The Hall–Kier alpha value is -2.63. The molecule has 2 heteroatoms. The Morgan fingerprint density at radius 2 is 1.54 bits per heavy atom. The van der Waals surface area contributed by atoms with Gasteiger partial charge in [0.2, 0.25) is 0 Å². The third kappa shape index (κ3) is 4.68. The summed E-state index contributed by atoms with van der Waals surface area (Å²) in [5, 5.41) is 10.6. The number of aliphatic hydroxyl groups excluding tert-OH is 1. The van der Waals surface area contributed by atoms with Crippen LogP contribution in [0.25, 0.3) is 0 Å². The Balaban J connectivity index is 2.31. The first kappa shape index (κ1) is 17.7. The molecular weight excluding hydrogens is 296 g/mol. The van der Waals surface area contributed by atoms with Gasteiger partial charge in [0.05, 0.1) is 0 Å². The quantitative estimate of drug-likeness (QED) is 0.678. The molecule has 0 aliphatic carbocycles. The predicted octanol–water partition coefficient (Wildman–Crippen LogP) is 4.25. The van der Waals surface area contributed by atoms with Crippen LogP contribution in [0, 0.1) is 17.3 Å². The van der Waals surface area contributed by atoms with Crippen LogP contribution >= 0.6 is 0 Å². The van der Waals surface area contributed by atoms with Gasteiger partial charge < -0.3 is 5.11 Å². The van der Waals surface area contributed by atoms with Gasteiger partial charge in [0.25, 0.3) is 0 Å². The smallest absolute Gasteiger partial charge is 0.195 e. The Morgan fingerprint density at radius 1 is 1.00 bits per heavy atom. The number of carbonyl (C=O) groups excluding carboxylic acids is 1. The van der Waals surface area contributed by atoms with Gasteiger partial charge in [-0.15, -0.1) is 0 Å². The fourth-order valence-corrected chi connectivity index (χ4v) is 2.33. The lowest BCUT2D eigenvalue weighted by molar-refractivity contribution is 0.0776. The summed E-state index contributed by atoms with van der Waals surface area (Å²) in [6.45, 7) is 5.89. The molecule has 0 aliphatic rings. The van der Waals surface area contributed by atoms with Gasteiger partial charge in [0.15, 0.2) is 5.78 Å². The van der Waals surface area contributed by atoms with E-state index >= 15 is 0 Å². The number of carbonyl (C=O) groups is 1. The topological polar surface area (TPSA) is 37.3 Å². The Kier molecular flexibility index (Phi) is 5.73. The van der Waals surface area contributed by atoms with Crippen molar-refractivity contribution in [2.24, 2.45) is 5.41 Å². The first-order chi connectivity index (χ1) is 11.4. The molecule has 1 atom stereocenters. The van der Waals surface area contributed by atoms with Crippen LogP contribution in [0.3, 0.4) is 0 Å². The fourth-order valence-electron chi connectivity index (χ4n) is 2.33. The molecule has 0 saturated carbocycles. The molecular formula is C22H22O2. The molecule has 0 saturated heterocycles. The predicted molar refractivity (Wildman–Crippen MR) is 97.6 cm³/mol. The van der Waals surface area contributed by atoms with E-state index in [0.717, 1.165) is 5.56 Å². The van der Waals surface area contributed by atoms with E-state index in [1.165, 1.54) is 0 Å². The number of hydrogen-bond acceptors (Lipinski definition) is 2. The molecule has 2 rings (SSSR count). The normalized spacial score (nSPS) is 12.9. The number of hydrogen-bond donors (Lipinski definition) is 1. The molecule has 0 bridgehead atoms. The standard InChI is InChI=1S/C22H22O2/c1-22(2,3)19(16-10-13-17-11-6-4-7-12-17)21(24)20(23)18-14-8-5-9-15-18/h4-9,11-12,14-16,21,24H,1-3H3/b19-16-/t21-/m1/s1. The molecule has 122 valence electrons. The zero-order valence-corrected chi connectivity index (χ0v) is 14.3. The van der Waals surface area contributed by atoms with Crippen molar-refractivity contribution in [1.29, 1.82) is 0 Å². The zero-order valence-electron chi connectivity index (χ0n) is 14.3. The van der Waals surface area contributed by atoms with E-state index in [-0.39, 0.29) is 11.2 Å². The Morgan fingerprint density at radius 3 is 2.08 bits per heavy atom. The maximum atomic E-state index is 12.5. The summed E-state index contributed by atoms with van der Waals surface area (Å²) in [7, 11) is 0. The van der Waals surface area contributed by atoms with Crippen molar-refractivity contribution in [2.45, 2.75) is 26.9 Å². The van der Waals surface area contributed by atoms with E-state index in [4.69, 9.17) is 0 Å². The summed E-state index contributed by atoms with van der Waals surface area (Å²) in [5.41, 5.74) is 1.64. The highest BCUT2D eigenvalue weighted by Gasteiger charge is 2.29. The lowest BCUT2D eigenvalue weighted by atomic mass is 9.80. The fraction of sp³-hybridized carbons (Fsp3) is 0.227. The maximum Gasteiger partial charge on any atom is 0.195 e. The van der Waals surface area contributed by atoms with E-state index in [1.54, 1.807) is 30.3 Å². The summed E-state index contributed by atoms with van der Waals surface area (Å²) in [4.78, 5) is 12.5. The van der Waals surface area contributed by atoms with E-state index < -0.39 is 6.10 Å². The molecule has 2 nitrogen and oxygen atoms in total. The third-order valence-electron chi connectivity index (χ3n) is 3.69. The van der Waals surface area contributed by atoms with Crippen molar-refractivity contribution in [3.63, 3.8) is 0 Å². The minimum atomic E-state index is -1.20. The van der Waals surface area contributed by atoms with Crippen molar-refractivity contribution in [3.05, 3.63) is 83.4 Å². The minimum absolute atomic E-state index is 0.307. The first-order valence-electron chi connectivity index (χ1n) is 7.94. The molecule has 2 aromatic carbocycles. The molecule has 0 aromatic heterocycles. The highest BCUT2D eigenvalue weighted by molar-refractivity contribution is 6.01. The van der Waals surface area contributed by atoms with Crippen LogP contribution < -0.4 is 0 Å². The van der Waals surface area contributed by atoms with E-state index in [1.807, 2.05) is 57.2 Å². The highest BCUT2D eigenvalue weighted by Crippen LogP contribution is 2.29. The third-order valence-corrected chi connectivity index (χ3v) is 3.69. The van der Waals surface area contributed by atoms with Crippen LogP contribution in [0.2, 0.25) is 0 Å². The number of rotatable bonds is 3. The average Bonchev–Trinajstić information content (AvgIpc) is 2.58. The van der Waals surface area contributed by atoms with Crippen molar-refractivity contribution < 1.29 is 9.90 Å². The number of aliphatic hydroxyl groups is 1. The molecule has 24 heavy (non-hydrogen) atoms. The zero-order chi connectivity index (χ0) is 17.6. The van der Waals surface area contributed by atoms with Crippen LogP contribution in [0.5, 0.6) is 0 Å². The molecule has 0 radical (unpaired) electrons. The molecule has 2 aromatic rings. The lowest BCUT2D eigenvalue weighted by Gasteiger charge is -2.26. The van der Waals surface area contributed by atoms with E-state index in [2.05, 4.69) is 11.8 Å². The molecule has 1 N–H and O–H groups in total. The van der Waals surface area contributed by atoms with Crippen molar-refractivity contribution in [1.82, 2.24) is 0 Å². The number of Topliss-reactive ketones (excluding diaryl/α,β-unsaturated/α-hetero) is 1. The second kappa shape index (κ2) is 7.77.